The van der Waals surface area contributed by atoms with E-state index in [-0.39, 0.29) is 5.25 Å². The fourth-order valence-corrected chi connectivity index (χ4v) is 4.50. The zero-order valence-corrected chi connectivity index (χ0v) is 14.3. The van der Waals surface area contributed by atoms with Crippen LogP contribution in [0, 0.1) is 11.6 Å². The fourth-order valence-electron chi connectivity index (χ4n) is 3.17. The number of para-hydroxylation sites is 1. The summed E-state index contributed by atoms with van der Waals surface area (Å²) in [6.45, 7) is 1.53. The van der Waals surface area contributed by atoms with Gasteiger partial charge in [0, 0.05) is 40.4 Å². The van der Waals surface area contributed by atoms with Crippen LogP contribution in [0.3, 0.4) is 0 Å². The number of thioether (sulfide) groups is 1. The Morgan fingerprint density at radius 2 is 2.00 bits per heavy atom. The van der Waals surface area contributed by atoms with Crippen LogP contribution in [0.5, 0.6) is 0 Å². The van der Waals surface area contributed by atoms with E-state index in [0.717, 1.165) is 41.7 Å². The van der Waals surface area contributed by atoms with Gasteiger partial charge in [-0.2, -0.15) is 0 Å². The topological polar surface area (TPSA) is 16.4 Å². The summed E-state index contributed by atoms with van der Waals surface area (Å²) in [5, 5.41) is -0.0453. The Balaban J connectivity index is 1.66. The van der Waals surface area contributed by atoms with E-state index in [0.29, 0.717) is 5.56 Å². The summed E-state index contributed by atoms with van der Waals surface area (Å²) in [7, 11) is 0. The smallest absolute Gasteiger partial charge is 0.130 e. The molecule has 5 heteroatoms. The number of fused-ring (bicyclic) bond motifs is 1. The zero-order chi connectivity index (χ0) is 17.2. The molecule has 1 aliphatic heterocycles. The second kappa shape index (κ2) is 6.92. The zero-order valence-electron chi connectivity index (χ0n) is 13.5. The van der Waals surface area contributed by atoms with Crippen molar-refractivity contribution in [3.05, 3.63) is 83.8 Å². The number of rotatable bonds is 3. The van der Waals surface area contributed by atoms with Crippen molar-refractivity contribution in [3.8, 4) is 0 Å². The largest absolute Gasteiger partial charge is 0.472 e. The molecule has 0 aliphatic carbocycles. The van der Waals surface area contributed by atoms with Crippen molar-refractivity contribution < 1.29 is 13.2 Å². The van der Waals surface area contributed by atoms with Gasteiger partial charge in [0.2, 0.25) is 0 Å². The molecule has 0 amide bonds. The second-order valence-corrected chi connectivity index (χ2v) is 7.33. The first-order valence-corrected chi connectivity index (χ1v) is 9.05. The number of furan rings is 1. The molecule has 0 saturated heterocycles. The summed E-state index contributed by atoms with van der Waals surface area (Å²) in [6.07, 6.45) is 4.20. The van der Waals surface area contributed by atoms with E-state index in [1.54, 1.807) is 30.4 Å². The quantitative estimate of drug-likeness (QED) is 0.589. The highest BCUT2D eigenvalue weighted by Crippen LogP contribution is 2.46. The lowest BCUT2D eigenvalue weighted by Gasteiger charge is -2.23. The molecule has 128 valence electrons. The Labute approximate surface area is 149 Å². The number of benzene rings is 2. The standard InChI is InChI=1S/C20H17F2NOS/c21-15-5-6-16(17(22)11-15)19-7-9-23(12-14-8-10-24-13-14)18-3-1-2-4-20(18)25-19/h1-6,8,10-11,13,19H,7,9,12H2/t19-/m0/s1. The molecule has 25 heavy (non-hydrogen) atoms. The molecule has 3 aromatic rings. The highest BCUT2D eigenvalue weighted by atomic mass is 32.2. The SMILES string of the molecule is Fc1ccc([C@@H]2CCN(Cc3ccoc3)c3ccccc3S2)c(F)c1. The first-order valence-electron chi connectivity index (χ1n) is 8.17. The van der Waals surface area contributed by atoms with Crippen LogP contribution in [-0.4, -0.2) is 6.54 Å². The monoisotopic (exact) mass is 357 g/mol. The van der Waals surface area contributed by atoms with Crippen LogP contribution in [0.15, 0.2) is 70.4 Å². The minimum atomic E-state index is -0.540. The third kappa shape index (κ3) is 3.42. The van der Waals surface area contributed by atoms with Crippen molar-refractivity contribution in [2.75, 3.05) is 11.4 Å². The average molecular weight is 357 g/mol. The summed E-state index contributed by atoms with van der Waals surface area (Å²) >= 11 is 1.64. The van der Waals surface area contributed by atoms with Crippen LogP contribution >= 0.6 is 11.8 Å². The van der Waals surface area contributed by atoms with Crippen molar-refractivity contribution in [3.63, 3.8) is 0 Å². The Morgan fingerprint density at radius 3 is 2.80 bits per heavy atom. The van der Waals surface area contributed by atoms with Gasteiger partial charge in [0.15, 0.2) is 0 Å². The molecule has 1 aromatic heterocycles. The van der Waals surface area contributed by atoms with Gasteiger partial charge in [0.05, 0.1) is 18.2 Å². The van der Waals surface area contributed by atoms with Crippen LogP contribution in [-0.2, 0) is 6.54 Å². The lowest BCUT2D eigenvalue weighted by atomic mass is 10.1. The van der Waals surface area contributed by atoms with Gasteiger partial charge in [-0.15, -0.1) is 11.8 Å². The van der Waals surface area contributed by atoms with E-state index < -0.39 is 11.6 Å². The van der Waals surface area contributed by atoms with Crippen molar-refractivity contribution in [2.45, 2.75) is 23.1 Å². The van der Waals surface area contributed by atoms with Crippen LogP contribution in [0.2, 0.25) is 0 Å². The average Bonchev–Trinajstić information content (AvgIpc) is 3.04. The summed E-state index contributed by atoms with van der Waals surface area (Å²) in [6, 6.07) is 14.0. The Morgan fingerprint density at radius 1 is 1.12 bits per heavy atom. The van der Waals surface area contributed by atoms with Gasteiger partial charge >= 0.3 is 0 Å². The Hall–Kier alpha value is -2.27. The number of halogens is 2. The Bertz CT molecular complexity index is 866. The number of hydrogen-bond donors (Lipinski definition) is 0. The van der Waals surface area contributed by atoms with Gasteiger partial charge in [-0.05, 0) is 30.7 Å². The first kappa shape index (κ1) is 16.2. The molecule has 0 bridgehead atoms. The summed E-state index contributed by atoms with van der Waals surface area (Å²) in [5.74, 6) is -1.01. The van der Waals surface area contributed by atoms with Gasteiger partial charge in [0.25, 0.3) is 0 Å². The number of hydrogen-bond acceptors (Lipinski definition) is 3. The predicted octanol–water partition coefficient (Wildman–Crippen LogP) is 5.80. The summed E-state index contributed by atoms with van der Waals surface area (Å²) in [5.41, 5.74) is 2.80. The lowest BCUT2D eigenvalue weighted by Crippen LogP contribution is -2.23. The van der Waals surface area contributed by atoms with Crippen molar-refractivity contribution in [1.82, 2.24) is 0 Å². The highest BCUT2D eigenvalue weighted by Gasteiger charge is 2.25. The maximum absolute atomic E-state index is 14.3. The van der Waals surface area contributed by atoms with Gasteiger partial charge < -0.3 is 9.32 Å². The molecule has 4 rings (SSSR count). The van der Waals surface area contributed by atoms with E-state index in [4.69, 9.17) is 4.42 Å². The van der Waals surface area contributed by atoms with Gasteiger partial charge in [-0.1, -0.05) is 18.2 Å². The fraction of sp³-hybridized carbons (Fsp3) is 0.200. The molecular formula is C20H17F2NOS. The van der Waals surface area contributed by atoms with E-state index in [9.17, 15) is 8.78 Å². The normalized spacial score (nSPS) is 17.2. The molecular weight excluding hydrogens is 340 g/mol. The second-order valence-electron chi connectivity index (χ2n) is 6.08. The molecule has 2 nitrogen and oxygen atoms in total. The Kier molecular flexibility index (Phi) is 4.49. The van der Waals surface area contributed by atoms with Crippen LogP contribution in [0.1, 0.15) is 22.8 Å². The van der Waals surface area contributed by atoms with E-state index >= 15 is 0 Å². The molecule has 2 aromatic carbocycles. The minimum absolute atomic E-state index is 0.0453. The van der Waals surface area contributed by atoms with Crippen molar-refractivity contribution in [1.29, 1.82) is 0 Å². The van der Waals surface area contributed by atoms with Crippen LogP contribution < -0.4 is 4.90 Å². The third-order valence-corrected chi connectivity index (χ3v) is 5.77. The maximum Gasteiger partial charge on any atom is 0.130 e. The lowest BCUT2D eigenvalue weighted by molar-refractivity contribution is 0.561. The predicted molar refractivity (Wildman–Crippen MR) is 95.8 cm³/mol. The van der Waals surface area contributed by atoms with E-state index in [2.05, 4.69) is 17.0 Å². The van der Waals surface area contributed by atoms with Gasteiger partial charge in [-0.3, -0.25) is 0 Å². The first-order chi connectivity index (χ1) is 12.2. The highest BCUT2D eigenvalue weighted by molar-refractivity contribution is 7.99. The molecule has 2 heterocycles. The molecule has 0 fully saturated rings. The number of anilines is 1. The van der Waals surface area contributed by atoms with E-state index in [1.165, 1.54) is 6.07 Å². The van der Waals surface area contributed by atoms with Crippen LogP contribution in [0.25, 0.3) is 0 Å². The van der Waals surface area contributed by atoms with Gasteiger partial charge in [-0.25, -0.2) is 8.78 Å². The number of nitrogens with zero attached hydrogens (tertiary/aromatic N) is 1. The molecule has 0 N–H and O–H groups in total. The molecule has 0 unspecified atom stereocenters. The summed E-state index contributed by atoms with van der Waals surface area (Å²) in [4.78, 5) is 3.39. The third-order valence-electron chi connectivity index (χ3n) is 4.40. The van der Waals surface area contributed by atoms with Crippen LogP contribution in [0.4, 0.5) is 14.5 Å². The van der Waals surface area contributed by atoms with Crippen molar-refractivity contribution in [2.24, 2.45) is 0 Å². The minimum Gasteiger partial charge on any atom is -0.472 e. The maximum atomic E-state index is 14.3. The molecule has 0 spiro atoms. The molecule has 0 radical (unpaired) electrons. The molecule has 0 saturated carbocycles. The van der Waals surface area contributed by atoms with E-state index in [1.807, 2.05) is 18.2 Å². The summed E-state index contributed by atoms with van der Waals surface area (Å²) < 4.78 is 32.7. The molecule has 1 aliphatic rings. The van der Waals surface area contributed by atoms with Crippen molar-refractivity contribution >= 4 is 17.4 Å². The molecule has 1 atom stereocenters. The van der Waals surface area contributed by atoms with Gasteiger partial charge in [0.1, 0.15) is 11.6 Å².